The maximum atomic E-state index is 10.9. The minimum atomic E-state index is -0.398. The van der Waals surface area contributed by atoms with E-state index in [0.29, 0.717) is 21.3 Å². The highest BCUT2D eigenvalue weighted by Crippen LogP contribution is 2.27. The van der Waals surface area contributed by atoms with Crippen LogP contribution in [0.4, 0.5) is 0 Å². The van der Waals surface area contributed by atoms with E-state index in [1.54, 1.807) is 25.1 Å². The first kappa shape index (κ1) is 11.3. The minimum absolute atomic E-state index is 0.372. The molecular formula is C10H9ClN2O2S. The van der Waals surface area contributed by atoms with Crippen LogP contribution >= 0.6 is 23.4 Å². The lowest BCUT2D eigenvalue weighted by atomic mass is 10.3. The van der Waals surface area contributed by atoms with Gasteiger partial charge in [-0.05, 0) is 19.1 Å². The second-order valence-corrected chi connectivity index (χ2v) is 4.98. The zero-order valence-electron chi connectivity index (χ0n) is 8.44. The van der Waals surface area contributed by atoms with Crippen LogP contribution in [0.3, 0.4) is 0 Å². The van der Waals surface area contributed by atoms with Gasteiger partial charge in [0.05, 0.1) is 5.25 Å². The standard InChI is InChI=1S/C10H9ClN2O2S/c1-5(9(12)14)16-10-13-7-3-2-6(11)4-8(7)15-10/h2-5H,1H3,(H2,12,14)/t5-/m0/s1. The molecule has 1 amide bonds. The molecule has 84 valence electrons. The zero-order chi connectivity index (χ0) is 11.7. The third-order valence-electron chi connectivity index (χ3n) is 2.01. The van der Waals surface area contributed by atoms with E-state index in [-0.39, 0.29) is 5.25 Å². The van der Waals surface area contributed by atoms with Crippen LogP contribution in [-0.2, 0) is 4.79 Å². The van der Waals surface area contributed by atoms with Crippen molar-refractivity contribution < 1.29 is 9.21 Å². The van der Waals surface area contributed by atoms with Crippen molar-refractivity contribution >= 4 is 40.4 Å². The average Bonchev–Trinajstić information content (AvgIpc) is 2.58. The summed E-state index contributed by atoms with van der Waals surface area (Å²) in [7, 11) is 0. The molecule has 0 bridgehead atoms. The van der Waals surface area contributed by atoms with Gasteiger partial charge in [0.2, 0.25) is 5.91 Å². The number of thioether (sulfide) groups is 1. The van der Waals surface area contributed by atoms with Crippen molar-refractivity contribution in [1.82, 2.24) is 4.98 Å². The van der Waals surface area contributed by atoms with Crippen molar-refractivity contribution in [3.8, 4) is 0 Å². The number of benzene rings is 1. The van der Waals surface area contributed by atoms with Crippen molar-refractivity contribution in [3.63, 3.8) is 0 Å². The molecule has 0 saturated carbocycles. The molecule has 2 N–H and O–H groups in total. The summed E-state index contributed by atoms with van der Waals surface area (Å²) in [4.78, 5) is 15.1. The molecule has 16 heavy (non-hydrogen) atoms. The van der Waals surface area contributed by atoms with Crippen LogP contribution in [0.2, 0.25) is 5.02 Å². The van der Waals surface area contributed by atoms with Crippen LogP contribution < -0.4 is 5.73 Å². The second kappa shape index (κ2) is 4.35. The number of carbonyl (C=O) groups is 1. The largest absolute Gasteiger partial charge is 0.431 e. The van der Waals surface area contributed by atoms with Crippen molar-refractivity contribution in [2.45, 2.75) is 17.4 Å². The molecule has 0 aliphatic rings. The smallest absolute Gasteiger partial charge is 0.257 e. The number of rotatable bonds is 3. The van der Waals surface area contributed by atoms with Gasteiger partial charge in [-0.2, -0.15) is 0 Å². The van der Waals surface area contributed by atoms with Gasteiger partial charge in [-0.15, -0.1) is 0 Å². The zero-order valence-corrected chi connectivity index (χ0v) is 10.0. The van der Waals surface area contributed by atoms with Crippen molar-refractivity contribution in [2.75, 3.05) is 0 Å². The first-order valence-electron chi connectivity index (χ1n) is 4.58. The maximum absolute atomic E-state index is 10.9. The van der Waals surface area contributed by atoms with Crippen molar-refractivity contribution in [1.29, 1.82) is 0 Å². The second-order valence-electron chi connectivity index (χ2n) is 3.25. The van der Waals surface area contributed by atoms with Gasteiger partial charge in [-0.1, -0.05) is 23.4 Å². The number of fused-ring (bicyclic) bond motifs is 1. The monoisotopic (exact) mass is 256 g/mol. The van der Waals surface area contributed by atoms with E-state index in [0.717, 1.165) is 0 Å². The lowest BCUT2D eigenvalue weighted by Gasteiger charge is -2.00. The molecule has 0 fully saturated rings. The summed E-state index contributed by atoms with van der Waals surface area (Å²) in [5.74, 6) is -0.398. The number of aromatic nitrogens is 1. The molecule has 0 saturated heterocycles. The first-order valence-corrected chi connectivity index (χ1v) is 5.84. The summed E-state index contributed by atoms with van der Waals surface area (Å²) < 4.78 is 5.43. The molecule has 4 nitrogen and oxygen atoms in total. The SMILES string of the molecule is C[C@H](Sc1nc2ccc(Cl)cc2o1)C(N)=O. The Labute approximate surface area is 101 Å². The van der Waals surface area contributed by atoms with Gasteiger partial charge in [0.1, 0.15) is 5.52 Å². The number of hydrogen-bond acceptors (Lipinski definition) is 4. The van der Waals surface area contributed by atoms with E-state index in [1.807, 2.05) is 0 Å². The van der Waals surface area contributed by atoms with E-state index in [9.17, 15) is 4.79 Å². The maximum Gasteiger partial charge on any atom is 0.257 e. The van der Waals surface area contributed by atoms with Crippen molar-refractivity contribution in [3.05, 3.63) is 23.2 Å². The highest BCUT2D eigenvalue weighted by Gasteiger charge is 2.15. The molecule has 0 aliphatic carbocycles. The first-order chi connectivity index (χ1) is 7.56. The van der Waals surface area contributed by atoms with E-state index in [4.69, 9.17) is 21.8 Å². The number of primary amides is 1. The molecule has 0 radical (unpaired) electrons. The molecule has 2 rings (SSSR count). The Morgan fingerprint density at radius 2 is 2.38 bits per heavy atom. The summed E-state index contributed by atoms with van der Waals surface area (Å²) in [5, 5.41) is 0.634. The van der Waals surface area contributed by atoms with Crippen LogP contribution in [0, 0.1) is 0 Å². The van der Waals surface area contributed by atoms with Gasteiger partial charge in [0, 0.05) is 11.1 Å². The van der Waals surface area contributed by atoms with Gasteiger partial charge < -0.3 is 10.2 Å². The number of halogens is 1. The Kier molecular flexibility index (Phi) is 3.07. The number of oxazole rings is 1. The Balaban J connectivity index is 2.29. The van der Waals surface area contributed by atoms with Crippen LogP contribution in [0.25, 0.3) is 11.1 Å². The quantitative estimate of drug-likeness (QED) is 0.857. The molecule has 1 heterocycles. The number of nitrogens with two attached hydrogens (primary N) is 1. The van der Waals surface area contributed by atoms with Crippen LogP contribution in [-0.4, -0.2) is 16.1 Å². The third-order valence-corrected chi connectivity index (χ3v) is 3.21. The fourth-order valence-electron chi connectivity index (χ4n) is 1.14. The van der Waals surface area contributed by atoms with Gasteiger partial charge in [-0.3, -0.25) is 4.79 Å². The lowest BCUT2D eigenvalue weighted by molar-refractivity contribution is -0.117. The molecule has 0 aliphatic heterocycles. The normalized spacial score (nSPS) is 12.9. The van der Waals surface area contributed by atoms with Crippen LogP contribution in [0.5, 0.6) is 0 Å². The van der Waals surface area contributed by atoms with E-state index >= 15 is 0 Å². The van der Waals surface area contributed by atoms with Crippen LogP contribution in [0.1, 0.15) is 6.92 Å². The Morgan fingerprint density at radius 3 is 3.06 bits per heavy atom. The topological polar surface area (TPSA) is 69.1 Å². The molecule has 2 aromatic rings. The van der Waals surface area contributed by atoms with E-state index < -0.39 is 5.91 Å². The summed E-state index contributed by atoms with van der Waals surface area (Å²) in [6.45, 7) is 1.70. The van der Waals surface area contributed by atoms with Gasteiger partial charge in [0.15, 0.2) is 5.58 Å². The van der Waals surface area contributed by atoms with Crippen LogP contribution in [0.15, 0.2) is 27.8 Å². The predicted octanol–water partition coefficient (Wildman–Crippen LogP) is 2.45. The Bertz CT molecular complexity index is 541. The summed E-state index contributed by atoms with van der Waals surface area (Å²) in [6.07, 6.45) is 0. The highest BCUT2D eigenvalue weighted by molar-refractivity contribution is 8.00. The molecule has 6 heteroatoms. The van der Waals surface area contributed by atoms with Gasteiger partial charge in [0.25, 0.3) is 5.22 Å². The predicted molar refractivity (Wildman–Crippen MR) is 63.5 cm³/mol. The number of amides is 1. The lowest BCUT2D eigenvalue weighted by Crippen LogP contribution is -2.22. The molecular weight excluding hydrogens is 248 g/mol. The third kappa shape index (κ3) is 2.31. The number of carbonyl (C=O) groups excluding carboxylic acids is 1. The Hall–Kier alpha value is -1.20. The highest BCUT2D eigenvalue weighted by atomic mass is 35.5. The molecule has 1 atom stereocenters. The fourth-order valence-corrected chi connectivity index (χ4v) is 2.01. The average molecular weight is 257 g/mol. The van der Waals surface area contributed by atoms with Gasteiger partial charge >= 0.3 is 0 Å². The molecule has 1 aromatic carbocycles. The number of hydrogen-bond donors (Lipinski definition) is 1. The van der Waals surface area contributed by atoms with E-state index in [2.05, 4.69) is 4.98 Å². The minimum Gasteiger partial charge on any atom is -0.431 e. The van der Waals surface area contributed by atoms with Gasteiger partial charge in [-0.25, -0.2) is 4.98 Å². The molecule has 0 spiro atoms. The molecule has 0 unspecified atom stereocenters. The molecule has 1 aromatic heterocycles. The Morgan fingerprint density at radius 1 is 1.62 bits per heavy atom. The van der Waals surface area contributed by atoms with Crippen molar-refractivity contribution in [2.24, 2.45) is 5.73 Å². The number of nitrogens with zero attached hydrogens (tertiary/aromatic N) is 1. The summed E-state index contributed by atoms with van der Waals surface area (Å²) in [5.41, 5.74) is 6.47. The summed E-state index contributed by atoms with van der Waals surface area (Å²) >= 11 is 7.00. The fraction of sp³-hybridized carbons (Fsp3) is 0.200. The van der Waals surface area contributed by atoms with E-state index in [1.165, 1.54) is 11.8 Å². The summed E-state index contributed by atoms with van der Waals surface area (Å²) in [6, 6.07) is 5.18.